The number of fused-ring (bicyclic) bond motifs is 10. The van der Waals surface area contributed by atoms with Gasteiger partial charge >= 0.3 is 0 Å². The first-order valence-electron chi connectivity index (χ1n) is 18.6. The number of rotatable bonds is 5. The molecule has 3 heteroatoms. The van der Waals surface area contributed by atoms with Gasteiger partial charge < -0.3 is 0 Å². The van der Waals surface area contributed by atoms with E-state index in [1.54, 1.807) is 0 Å². The average Bonchev–Trinajstić information content (AvgIpc) is 3.66. The summed E-state index contributed by atoms with van der Waals surface area (Å²) < 4.78 is 2.67. The molecule has 0 spiro atoms. The van der Waals surface area contributed by atoms with Gasteiger partial charge in [0.05, 0.1) is 17.1 Å². The molecule has 2 nitrogen and oxygen atoms in total. The second-order valence-electron chi connectivity index (χ2n) is 14.1. The minimum absolute atomic E-state index is 0.939. The zero-order valence-electron chi connectivity index (χ0n) is 29.8. The fraction of sp³-hybridized carbons (Fsp3) is 0. The molecule has 8 aromatic carbocycles. The van der Waals surface area contributed by atoms with Gasteiger partial charge in [-0.15, -0.1) is 11.3 Å². The predicted octanol–water partition coefficient (Wildman–Crippen LogP) is 14.6. The van der Waals surface area contributed by atoms with Gasteiger partial charge in [0.1, 0.15) is 0 Å². The maximum absolute atomic E-state index is 5.23. The second-order valence-corrected chi connectivity index (χ2v) is 15.2. The maximum atomic E-state index is 5.23. The van der Waals surface area contributed by atoms with E-state index in [0.717, 1.165) is 44.9 Å². The lowest BCUT2D eigenvalue weighted by molar-refractivity contribution is 1.31. The lowest BCUT2D eigenvalue weighted by Crippen LogP contribution is -1.92. The first kappa shape index (κ1) is 31.6. The van der Waals surface area contributed by atoms with Gasteiger partial charge in [-0.25, -0.2) is 4.98 Å². The SMILES string of the molecule is c1ccc(-c2cc(-c3ccc(-c4ccc5c(c4)c4ccccc4c4c5ccc5sc6ccccc6c54)cc3)nc(-c3ccc(-c4ccccn4)cc3)c2)cc1. The van der Waals surface area contributed by atoms with E-state index in [-0.39, 0.29) is 0 Å². The summed E-state index contributed by atoms with van der Waals surface area (Å²) in [6, 6.07) is 67.7. The van der Waals surface area contributed by atoms with Gasteiger partial charge in [0.15, 0.2) is 0 Å². The third kappa shape index (κ3) is 5.40. The zero-order valence-corrected chi connectivity index (χ0v) is 30.6. The molecule has 55 heavy (non-hydrogen) atoms. The van der Waals surface area contributed by atoms with Crippen LogP contribution in [0.4, 0.5) is 0 Å². The van der Waals surface area contributed by atoms with Crippen LogP contribution in [-0.2, 0) is 0 Å². The fourth-order valence-electron chi connectivity index (χ4n) is 8.24. The van der Waals surface area contributed by atoms with Crippen molar-refractivity contribution in [2.75, 3.05) is 0 Å². The lowest BCUT2D eigenvalue weighted by atomic mass is 9.90. The Bertz CT molecular complexity index is 3200. The molecule has 0 saturated heterocycles. The van der Waals surface area contributed by atoms with E-state index in [2.05, 4.69) is 175 Å². The number of benzene rings is 8. The molecule has 0 aliphatic heterocycles. The molecule has 0 unspecified atom stereocenters. The molecule has 11 rings (SSSR count). The standard InChI is InChI=1S/C52H32N2S/c1-2-10-33(11-3-1)39-31-47(54-48(32-39)37-23-21-35(22-24-37)46-15-8-9-29-53-46)36-19-17-34(18-20-36)38-25-26-41-43-27-28-50-52(44-14-6-7-16-49(44)55-50)51(43)42-13-5-4-12-40(42)45(41)30-38/h1-32H. The van der Waals surface area contributed by atoms with Crippen molar-refractivity contribution in [1.29, 1.82) is 0 Å². The van der Waals surface area contributed by atoms with Gasteiger partial charge in [0.2, 0.25) is 0 Å². The lowest BCUT2D eigenvalue weighted by Gasteiger charge is -2.14. The monoisotopic (exact) mass is 716 g/mol. The Balaban J connectivity index is 1.01. The van der Waals surface area contributed by atoms with Gasteiger partial charge in [-0.05, 0) is 97.0 Å². The zero-order chi connectivity index (χ0) is 36.3. The maximum Gasteiger partial charge on any atom is 0.0715 e. The van der Waals surface area contributed by atoms with Crippen molar-refractivity contribution in [1.82, 2.24) is 9.97 Å². The van der Waals surface area contributed by atoms with Crippen molar-refractivity contribution in [3.63, 3.8) is 0 Å². The molecular formula is C52H32N2S. The Labute approximate surface area is 322 Å². The van der Waals surface area contributed by atoms with Crippen LogP contribution in [0.2, 0.25) is 0 Å². The summed E-state index contributed by atoms with van der Waals surface area (Å²) in [6.07, 6.45) is 1.83. The highest BCUT2D eigenvalue weighted by atomic mass is 32.1. The van der Waals surface area contributed by atoms with E-state index in [9.17, 15) is 0 Å². The van der Waals surface area contributed by atoms with Crippen LogP contribution in [0.3, 0.4) is 0 Å². The van der Waals surface area contributed by atoms with Crippen molar-refractivity contribution < 1.29 is 0 Å². The molecule has 256 valence electrons. The molecular weight excluding hydrogens is 685 g/mol. The highest BCUT2D eigenvalue weighted by Crippen LogP contribution is 2.45. The average molecular weight is 717 g/mol. The summed E-state index contributed by atoms with van der Waals surface area (Å²) >= 11 is 1.88. The van der Waals surface area contributed by atoms with Gasteiger partial charge in [0, 0.05) is 43.1 Å². The minimum Gasteiger partial charge on any atom is -0.256 e. The first-order valence-corrected chi connectivity index (χ1v) is 19.5. The van der Waals surface area contributed by atoms with Gasteiger partial charge in [-0.2, -0.15) is 0 Å². The van der Waals surface area contributed by atoms with E-state index in [1.807, 2.05) is 35.7 Å². The van der Waals surface area contributed by atoms with E-state index in [0.29, 0.717) is 0 Å². The van der Waals surface area contributed by atoms with Crippen molar-refractivity contribution >= 4 is 63.8 Å². The summed E-state index contributed by atoms with van der Waals surface area (Å²) in [4.78, 5) is 9.76. The van der Waals surface area contributed by atoms with E-state index < -0.39 is 0 Å². The first-order chi connectivity index (χ1) is 27.2. The Hall–Kier alpha value is -6.94. The van der Waals surface area contributed by atoms with E-state index in [1.165, 1.54) is 63.6 Å². The molecule has 11 aromatic rings. The fourth-order valence-corrected chi connectivity index (χ4v) is 9.35. The molecule has 0 saturated carbocycles. The smallest absolute Gasteiger partial charge is 0.0715 e. The molecule has 0 radical (unpaired) electrons. The number of aromatic nitrogens is 2. The van der Waals surface area contributed by atoms with Gasteiger partial charge in [0.25, 0.3) is 0 Å². The molecule has 0 fully saturated rings. The summed E-state index contributed by atoms with van der Waals surface area (Å²) in [6.45, 7) is 0. The highest BCUT2D eigenvalue weighted by molar-refractivity contribution is 7.26. The molecule has 3 heterocycles. The van der Waals surface area contributed by atoms with Crippen LogP contribution in [0.15, 0.2) is 194 Å². The third-order valence-corrected chi connectivity index (χ3v) is 12.1. The molecule has 0 N–H and O–H groups in total. The Morgan fingerprint density at radius 1 is 0.291 bits per heavy atom. The summed E-state index contributed by atoms with van der Waals surface area (Å²) in [7, 11) is 0. The minimum atomic E-state index is 0.939. The number of hydrogen-bond donors (Lipinski definition) is 0. The number of pyridine rings is 2. The van der Waals surface area contributed by atoms with Crippen LogP contribution < -0.4 is 0 Å². The number of thiophene rings is 1. The van der Waals surface area contributed by atoms with Crippen LogP contribution in [-0.4, -0.2) is 9.97 Å². The van der Waals surface area contributed by atoms with Crippen LogP contribution in [0.25, 0.3) is 109 Å². The predicted molar refractivity (Wildman–Crippen MR) is 235 cm³/mol. The Morgan fingerprint density at radius 2 is 0.836 bits per heavy atom. The summed E-state index contributed by atoms with van der Waals surface area (Å²) in [5.41, 5.74) is 10.8. The second kappa shape index (κ2) is 12.9. The van der Waals surface area contributed by atoms with E-state index >= 15 is 0 Å². The molecule has 0 atom stereocenters. The number of hydrogen-bond acceptors (Lipinski definition) is 3. The quantitative estimate of drug-likeness (QED) is 0.166. The van der Waals surface area contributed by atoms with Crippen molar-refractivity contribution in [2.45, 2.75) is 0 Å². The largest absolute Gasteiger partial charge is 0.256 e. The third-order valence-electron chi connectivity index (χ3n) is 10.9. The Kier molecular flexibility index (Phi) is 7.39. The van der Waals surface area contributed by atoms with Crippen molar-refractivity contribution in [3.8, 4) is 56.0 Å². The van der Waals surface area contributed by atoms with Gasteiger partial charge in [-0.1, -0.05) is 146 Å². The normalized spacial score (nSPS) is 11.6. The molecule has 0 aliphatic carbocycles. The van der Waals surface area contributed by atoms with Crippen molar-refractivity contribution in [3.05, 3.63) is 194 Å². The molecule has 0 aliphatic rings. The summed E-state index contributed by atoms with van der Waals surface area (Å²) in [5.74, 6) is 0. The van der Waals surface area contributed by atoms with Crippen LogP contribution in [0.1, 0.15) is 0 Å². The highest BCUT2D eigenvalue weighted by Gasteiger charge is 2.16. The molecule has 3 aromatic heterocycles. The van der Waals surface area contributed by atoms with E-state index in [4.69, 9.17) is 4.98 Å². The number of nitrogens with zero attached hydrogens (tertiary/aromatic N) is 2. The summed E-state index contributed by atoms with van der Waals surface area (Å²) in [5, 5.41) is 10.5. The topological polar surface area (TPSA) is 25.8 Å². The van der Waals surface area contributed by atoms with Gasteiger partial charge in [-0.3, -0.25) is 4.98 Å². The van der Waals surface area contributed by atoms with Crippen molar-refractivity contribution in [2.24, 2.45) is 0 Å². The van der Waals surface area contributed by atoms with Crippen LogP contribution in [0.5, 0.6) is 0 Å². The molecule has 0 amide bonds. The van der Waals surface area contributed by atoms with Crippen LogP contribution >= 0.6 is 11.3 Å². The van der Waals surface area contributed by atoms with Crippen LogP contribution in [0, 0.1) is 0 Å². The Morgan fingerprint density at radius 3 is 1.56 bits per heavy atom. The molecule has 0 bridgehead atoms.